The van der Waals surface area contributed by atoms with Gasteiger partial charge in [-0.15, -0.1) is 0 Å². The summed E-state index contributed by atoms with van der Waals surface area (Å²) in [6.07, 6.45) is 24.4. The summed E-state index contributed by atoms with van der Waals surface area (Å²) in [5.74, 6) is 1.79. The van der Waals surface area contributed by atoms with Crippen LogP contribution in [0.5, 0.6) is 0 Å². The zero-order chi connectivity index (χ0) is 21.3. The highest BCUT2D eigenvalue weighted by molar-refractivity contribution is 14.1. The third-order valence-corrected chi connectivity index (χ3v) is 7.68. The summed E-state index contributed by atoms with van der Waals surface area (Å²) in [6, 6.07) is 0.359. The molecule has 0 aromatic rings. The fourth-order valence-electron chi connectivity index (χ4n) is 5.05. The van der Waals surface area contributed by atoms with Crippen LogP contribution in [0.15, 0.2) is 34.9 Å². The normalized spacial score (nSPS) is 25.2. The first kappa shape index (κ1) is 25.2. The van der Waals surface area contributed by atoms with Crippen LogP contribution in [-0.2, 0) is 0 Å². The first-order valence-corrected chi connectivity index (χ1v) is 13.4. The Kier molecular flexibility index (Phi) is 11.0. The zero-order valence-corrected chi connectivity index (χ0v) is 21.8. The highest BCUT2D eigenvalue weighted by Crippen LogP contribution is 2.38. The molecule has 2 N–H and O–H groups in total. The van der Waals surface area contributed by atoms with Gasteiger partial charge in [0.15, 0.2) is 0 Å². The Morgan fingerprint density at radius 3 is 2.69 bits per heavy atom. The number of alkyl halides is 1. The van der Waals surface area contributed by atoms with Crippen LogP contribution in [0, 0.1) is 11.8 Å². The summed E-state index contributed by atoms with van der Waals surface area (Å²) < 4.78 is 0.300. The van der Waals surface area contributed by atoms with Gasteiger partial charge >= 0.3 is 0 Å². The van der Waals surface area contributed by atoms with Crippen molar-refractivity contribution in [1.29, 1.82) is 0 Å². The lowest BCUT2D eigenvalue weighted by atomic mass is 9.85. The van der Waals surface area contributed by atoms with E-state index >= 15 is 0 Å². The van der Waals surface area contributed by atoms with Gasteiger partial charge in [-0.25, -0.2) is 0 Å². The molecule has 2 aliphatic carbocycles. The molecule has 3 unspecified atom stereocenters. The lowest BCUT2D eigenvalue weighted by molar-refractivity contribution is 0.426. The van der Waals surface area contributed by atoms with Gasteiger partial charge in [-0.05, 0) is 84.0 Å². The summed E-state index contributed by atoms with van der Waals surface area (Å²) in [4.78, 5) is 0. The van der Waals surface area contributed by atoms with E-state index in [2.05, 4.69) is 68.5 Å². The molecule has 0 aromatic carbocycles. The van der Waals surface area contributed by atoms with Crippen molar-refractivity contribution in [3.63, 3.8) is 0 Å². The predicted octanol–water partition coefficient (Wildman–Crippen LogP) is 8.68. The summed E-state index contributed by atoms with van der Waals surface area (Å²) in [6.45, 7) is 9.29. The van der Waals surface area contributed by atoms with Crippen molar-refractivity contribution in [2.45, 2.75) is 121 Å². The van der Waals surface area contributed by atoms with Crippen molar-refractivity contribution in [3.8, 4) is 0 Å². The SMILES string of the molecule is CCCCC(N)C/C=C(\C)CC1CCCC(CC2=CCCC(C(C)(C)I)=C2)CC1. The molecule has 2 heteroatoms. The van der Waals surface area contributed by atoms with E-state index in [9.17, 15) is 0 Å². The molecule has 1 saturated carbocycles. The minimum absolute atomic E-state index is 0.300. The lowest BCUT2D eigenvalue weighted by Crippen LogP contribution is -2.18. The van der Waals surface area contributed by atoms with Crippen LogP contribution in [0.3, 0.4) is 0 Å². The lowest BCUT2D eigenvalue weighted by Gasteiger charge is -2.25. The fraction of sp³-hybridized carbons (Fsp3) is 0.778. The maximum Gasteiger partial charge on any atom is 0.0377 e. The molecule has 1 nitrogen and oxygen atoms in total. The van der Waals surface area contributed by atoms with E-state index in [-0.39, 0.29) is 0 Å². The van der Waals surface area contributed by atoms with Crippen LogP contribution in [0.1, 0.15) is 111 Å². The van der Waals surface area contributed by atoms with Crippen molar-refractivity contribution < 1.29 is 0 Å². The maximum absolute atomic E-state index is 6.25. The van der Waals surface area contributed by atoms with Gasteiger partial charge in [-0.2, -0.15) is 0 Å². The second kappa shape index (κ2) is 12.7. The highest BCUT2D eigenvalue weighted by Gasteiger charge is 2.23. The van der Waals surface area contributed by atoms with Gasteiger partial charge in [0.2, 0.25) is 0 Å². The molecule has 0 aromatic heterocycles. The van der Waals surface area contributed by atoms with Crippen molar-refractivity contribution in [2.75, 3.05) is 0 Å². The van der Waals surface area contributed by atoms with E-state index in [1.165, 1.54) is 77.0 Å². The number of halogens is 1. The average molecular weight is 512 g/mol. The first-order valence-electron chi connectivity index (χ1n) is 12.3. The molecule has 166 valence electrons. The quantitative estimate of drug-likeness (QED) is 0.135. The minimum Gasteiger partial charge on any atom is -0.327 e. The largest absolute Gasteiger partial charge is 0.327 e. The van der Waals surface area contributed by atoms with Crippen molar-refractivity contribution in [1.82, 2.24) is 0 Å². The van der Waals surface area contributed by atoms with Gasteiger partial charge in [-0.1, -0.05) is 96.6 Å². The number of rotatable bonds is 10. The molecule has 0 spiro atoms. The predicted molar refractivity (Wildman–Crippen MR) is 139 cm³/mol. The number of unbranched alkanes of at least 4 members (excludes halogenated alkanes) is 1. The molecule has 0 bridgehead atoms. The maximum atomic E-state index is 6.25. The standard InChI is InChI=1S/C27H46IN/c1-5-6-13-26(29)17-14-21(2)18-22-9-7-10-23(16-15-22)19-24-11-8-12-25(20-24)27(3,4)28/h11,14,20,22-23,26H,5-10,12-13,15-19,29H2,1-4H3/b21-14+. The van der Waals surface area contributed by atoms with Gasteiger partial charge in [-0.3, -0.25) is 0 Å². The Morgan fingerprint density at radius 1 is 1.24 bits per heavy atom. The number of allylic oxidation sites excluding steroid dienone is 5. The molecule has 0 saturated heterocycles. The molecule has 0 heterocycles. The number of nitrogens with two attached hydrogens (primary N) is 1. The van der Waals surface area contributed by atoms with Crippen molar-refractivity contribution in [3.05, 3.63) is 34.9 Å². The molecule has 2 aliphatic rings. The molecule has 0 amide bonds. The summed E-state index contributed by atoms with van der Waals surface area (Å²) >= 11 is 2.60. The summed E-state index contributed by atoms with van der Waals surface area (Å²) in [5.41, 5.74) is 11.1. The van der Waals surface area contributed by atoms with Crippen LogP contribution in [0.2, 0.25) is 0 Å². The van der Waals surface area contributed by atoms with E-state index < -0.39 is 0 Å². The Morgan fingerprint density at radius 2 is 1.97 bits per heavy atom. The smallest absolute Gasteiger partial charge is 0.0377 e. The topological polar surface area (TPSA) is 26.0 Å². The van der Waals surface area contributed by atoms with E-state index in [4.69, 9.17) is 5.73 Å². The molecule has 2 rings (SSSR count). The first-order chi connectivity index (χ1) is 13.8. The van der Waals surface area contributed by atoms with Crippen LogP contribution >= 0.6 is 22.6 Å². The van der Waals surface area contributed by atoms with E-state index in [0.29, 0.717) is 9.46 Å². The monoisotopic (exact) mass is 511 g/mol. The van der Waals surface area contributed by atoms with Gasteiger partial charge < -0.3 is 5.73 Å². The Hall–Kier alpha value is -0.0900. The third-order valence-electron chi connectivity index (χ3n) is 6.98. The number of hydrogen-bond donors (Lipinski definition) is 1. The van der Waals surface area contributed by atoms with Crippen LogP contribution in [-0.4, -0.2) is 9.46 Å². The molecule has 3 atom stereocenters. The molecule has 1 fully saturated rings. The van der Waals surface area contributed by atoms with E-state index in [1.54, 1.807) is 16.7 Å². The Balaban J connectivity index is 1.79. The van der Waals surface area contributed by atoms with Crippen molar-refractivity contribution in [2.24, 2.45) is 17.6 Å². The van der Waals surface area contributed by atoms with Gasteiger partial charge in [0.1, 0.15) is 0 Å². The van der Waals surface area contributed by atoms with Crippen LogP contribution in [0.4, 0.5) is 0 Å². The van der Waals surface area contributed by atoms with Crippen molar-refractivity contribution >= 4 is 22.6 Å². The highest BCUT2D eigenvalue weighted by atomic mass is 127. The van der Waals surface area contributed by atoms with Gasteiger partial charge in [0, 0.05) is 9.46 Å². The Bertz CT molecular complexity index is 578. The molecule has 0 radical (unpaired) electrons. The Labute approximate surface area is 195 Å². The van der Waals surface area contributed by atoms with Crippen LogP contribution < -0.4 is 5.73 Å². The third kappa shape index (κ3) is 9.72. The molecular formula is C27H46IN. The molecule has 0 aliphatic heterocycles. The summed E-state index contributed by atoms with van der Waals surface area (Å²) in [5, 5.41) is 0. The van der Waals surface area contributed by atoms with Crippen LogP contribution in [0.25, 0.3) is 0 Å². The average Bonchev–Trinajstić information content (AvgIpc) is 2.89. The summed E-state index contributed by atoms with van der Waals surface area (Å²) in [7, 11) is 0. The second-order valence-corrected chi connectivity index (χ2v) is 13.0. The minimum atomic E-state index is 0.300. The van der Waals surface area contributed by atoms with Gasteiger partial charge in [0.25, 0.3) is 0 Å². The van der Waals surface area contributed by atoms with E-state index in [0.717, 1.165) is 18.3 Å². The van der Waals surface area contributed by atoms with E-state index in [1.807, 2.05) is 0 Å². The fourth-order valence-corrected chi connectivity index (χ4v) is 5.48. The molecular weight excluding hydrogens is 465 g/mol. The van der Waals surface area contributed by atoms with Gasteiger partial charge in [0.05, 0.1) is 0 Å². The molecule has 29 heavy (non-hydrogen) atoms. The second-order valence-electron chi connectivity index (χ2n) is 10.3. The zero-order valence-electron chi connectivity index (χ0n) is 19.6. The number of hydrogen-bond acceptors (Lipinski definition) is 1.